The fourth-order valence-corrected chi connectivity index (χ4v) is 8.05. The molecular formula is C35H45ClN2O6S. The molecule has 4 rings (SSSR count). The molecule has 0 unspecified atom stereocenters. The average molecular weight is 657 g/mol. The Morgan fingerprint density at radius 3 is 2.24 bits per heavy atom. The molecule has 0 saturated heterocycles. The summed E-state index contributed by atoms with van der Waals surface area (Å²) in [6.07, 6.45) is 11.1. The number of nitrogens with one attached hydrogen (secondary N) is 2. The lowest BCUT2D eigenvalue weighted by atomic mass is 9.82. The first kappa shape index (κ1) is 35.0. The van der Waals surface area contributed by atoms with Crippen LogP contribution in [0.15, 0.2) is 59.5 Å². The molecule has 2 aromatic rings. The molecule has 0 bridgehead atoms. The Balaban J connectivity index is 1.54. The van der Waals surface area contributed by atoms with Crippen LogP contribution in [0.4, 0.5) is 0 Å². The molecular weight excluding hydrogens is 612 g/mol. The van der Waals surface area contributed by atoms with E-state index in [0.29, 0.717) is 18.8 Å². The second-order valence-corrected chi connectivity index (χ2v) is 15.2. The fourth-order valence-electron chi connectivity index (χ4n) is 6.21. The van der Waals surface area contributed by atoms with Gasteiger partial charge in [-0.15, -0.1) is 12.3 Å². The first-order chi connectivity index (χ1) is 21.6. The zero-order valence-corrected chi connectivity index (χ0v) is 27.2. The molecule has 0 aromatic heterocycles. The molecule has 2 aliphatic rings. The molecule has 10 heteroatoms. The lowest BCUT2D eigenvalue weighted by Crippen LogP contribution is -2.56. The number of carbonyl (C=O) groups is 2. The SMILES string of the molecule is C#CC[C@H](O)[C@H](O)[C@H](CC1CCCCC1)NC(=O)[C@H](CC1CC1)NC(=O)[C@H](Cc1ccccc1)CS(=O)(=O)c1cccc(Cl)c1. The Bertz CT molecular complexity index is 1420. The van der Waals surface area contributed by atoms with E-state index in [1.165, 1.54) is 12.1 Å². The average Bonchev–Trinajstić information content (AvgIpc) is 3.85. The van der Waals surface area contributed by atoms with E-state index in [0.717, 1.165) is 50.5 Å². The molecule has 0 radical (unpaired) electrons. The predicted molar refractivity (Wildman–Crippen MR) is 175 cm³/mol. The summed E-state index contributed by atoms with van der Waals surface area (Å²) in [5, 5.41) is 27.7. The van der Waals surface area contributed by atoms with Gasteiger partial charge in [-0.2, -0.15) is 0 Å². The summed E-state index contributed by atoms with van der Waals surface area (Å²) in [6.45, 7) is 0. The highest BCUT2D eigenvalue weighted by Crippen LogP contribution is 2.34. The van der Waals surface area contributed by atoms with Crippen molar-refractivity contribution in [3.8, 4) is 12.3 Å². The van der Waals surface area contributed by atoms with Gasteiger partial charge in [0, 0.05) is 11.4 Å². The highest BCUT2D eigenvalue weighted by molar-refractivity contribution is 7.91. The van der Waals surface area contributed by atoms with E-state index in [9.17, 15) is 28.2 Å². The minimum atomic E-state index is -3.90. The number of sulfone groups is 1. The van der Waals surface area contributed by atoms with E-state index in [2.05, 4.69) is 16.6 Å². The molecule has 45 heavy (non-hydrogen) atoms. The molecule has 5 atom stereocenters. The summed E-state index contributed by atoms with van der Waals surface area (Å²) in [4.78, 5) is 27.7. The van der Waals surface area contributed by atoms with E-state index in [1.54, 1.807) is 12.1 Å². The van der Waals surface area contributed by atoms with Gasteiger partial charge in [-0.3, -0.25) is 9.59 Å². The fraction of sp³-hybridized carbons (Fsp3) is 0.543. The highest BCUT2D eigenvalue weighted by Gasteiger charge is 2.37. The van der Waals surface area contributed by atoms with Crippen LogP contribution in [0.2, 0.25) is 5.02 Å². The number of hydrogen-bond donors (Lipinski definition) is 4. The van der Waals surface area contributed by atoms with Gasteiger partial charge in [-0.1, -0.05) is 92.9 Å². The molecule has 2 fully saturated rings. The maximum atomic E-state index is 13.9. The number of terminal acetylenes is 1. The molecule has 2 amide bonds. The topological polar surface area (TPSA) is 133 Å². The minimum Gasteiger partial charge on any atom is -0.389 e. The molecule has 0 spiro atoms. The third-order valence-electron chi connectivity index (χ3n) is 8.94. The van der Waals surface area contributed by atoms with Crippen molar-refractivity contribution in [2.45, 2.75) is 99.8 Å². The van der Waals surface area contributed by atoms with Crippen molar-refractivity contribution in [1.82, 2.24) is 10.6 Å². The number of rotatable bonds is 16. The normalized spacial score (nSPS) is 19.0. The molecule has 0 aliphatic heterocycles. The lowest BCUT2D eigenvalue weighted by Gasteiger charge is -2.33. The van der Waals surface area contributed by atoms with E-state index >= 15 is 0 Å². The number of hydrogen-bond acceptors (Lipinski definition) is 6. The Hall–Kier alpha value is -2.90. The number of aliphatic hydroxyl groups excluding tert-OH is 2. The number of carbonyl (C=O) groups excluding carboxylic acids is 2. The number of halogens is 1. The quantitative estimate of drug-likeness (QED) is 0.197. The molecule has 4 N–H and O–H groups in total. The van der Waals surface area contributed by atoms with Crippen LogP contribution in [-0.2, 0) is 25.8 Å². The smallest absolute Gasteiger partial charge is 0.242 e. The largest absolute Gasteiger partial charge is 0.389 e. The van der Waals surface area contributed by atoms with Crippen molar-refractivity contribution >= 4 is 33.3 Å². The van der Waals surface area contributed by atoms with Gasteiger partial charge in [0.25, 0.3) is 0 Å². The van der Waals surface area contributed by atoms with Gasteiger partial charge < -0.3 is 20.8 Å². The molecule has 0 heterocycles. The predicted octanol–water partition coefficient (Wildman–Crippen LogP) is 4.46. The highest BCUT2D eigenvalue weighted by atomic mass is 35.5. The maximum absolute atomic E-state index is 13.9. The van der Waals surface area contributed by atoms with Crippen LogP contribution < -0.4 is 10.6 Å². The Kier molecular flexibility index (Phi) is 12.9. The van der Waals surface area contributed by atoms with Crippen molar-refractivity contribution in [2.24, 2.45) is 17.8 Å². The van der Waals surface area contributed by atoms with Crippen molar-refractivity contribution in [3.63, 3.8) is 0 Å². The van der Waals surface area contributed by atoms with Crippen LogP contribution in [-0.4, -0.2) is 60.5 Å². The zero-order chi connectivity index (χ0) is 32.4. The summed E-state index contributed by atoms with van der Waals surface area (Å²) in [7, 11) is -3.90. The van der Waals surface area contributed by atoms with Gasteiger partial charge in [0.1, 0.15) is 12.1 Å². The van der Waals surface area contributed by atoms with Gasteiger partial charge >= 0.3 is 0 Å². The molecule has 2 aromatic carbocycles. The first-order valence-corrected chi connectivity index (χ1v) is 18.0. The standard InChI is InChI=1S/C35H45ClN2O6S/c1-2-10-32(39)33(40)30(20-25-13-7-4-8-14-25)37-35(42)31(21-26-17-18-26)38-34(41)27(19-24-11-5-3-6-12-24)23-45(43,44)29-16-9-15-28(36)22-29/h1,3,5-6,9,11-12,15-16,22,25-27,30-33,39-40H,4,7-8,10,13-14,17-21,23H2,(H,37,42)(H,38,41)/t27-,30+,31+,32+,33-/m1/s1. The van der Waals surface area contributed by atoms with Crippen LogP contribution in [0.3, 0.4) is 0 Å². The van der Waals surface area contributed by atoms with Crippen LogP contribution in [0.1, 0.15) is 69.8 Å². The third-order valence-corrected chi connectivity index (χ3v) is 11.0. The van der Waals surface area contributed by atoms with Crippen LogP contribution in [0.5, 0.6) is 0 Å². The number of benzene rings is 2. The Morgan fingerprint density at radius 2 is 1.60 bits per heavy atom. The zero-order valence-electron chi connectivity index (χ0n) is 25.6. The van der Waals surface area contributed by atoms with Crippen LogP contribution in [0, 0.1) is 30.1 Å². The van der Waals surface area contributed by atoms with Crippen molar-refractivity contribution in [1.29, 1.82) is 0 Å². The van der Waals surface area contributed by atoms with Gasteiger partial charge in [0.2, 0.25) is 11.8 Å². The van der Waals surface area contributed by atoms with Crippen molar-refractivity contribution < 1.29 is 28.2 Å². The van der Waals surface area contributed by atoms with Crippen LogP contribution in [0.25, 0.3) is 0 Å². The van der Waals surface area contributed by atoms with Crippen molar-refractivity contribution in [2.75, 3.05) is 5.75 Å². The van der Waals surface area contributed by atoms with Gasteiger partial charge in [0.15, 0.2) is 9.84 Å². The monoisotopic (exact) mass is 656 g/mol. The van der Waals surface area contributed by atoms with Gasteiger partial charge in [-0.05, 0) is 54.9 Å². The van der Waals surface area contributed by atoms with Crippen molar-refractivity contribution in [3.05, 3.63) is 65.2 Å². The minimum absolute atomic E-state index is 0.0261. The summed E-state index contributed by atoms with van der Waals surface area (Å²) in [5.74, 6) is 0.483. The van der Waals surface area contributed by atoms with Crippen LogP contribution >= 0.6 is 11.6 Å². The van der Waals surface area contributed by atoms with Gasteiger partial charge in [-0.25, -0.2) is 8.42 Å². The second-order valence-electron chi connectivity index (χ2n) is 12.7. The van der Waals surface area contributed by atoms with E-state index in [1.807, 2.05) is 30.3 Å². The summed E-state index contributed by atoms with van der Waals surface area (Å²) >= 11 is 6.07. The van der Waals surface area contributed by atoms with E-state index in [-0.39, 0.29) is 28.7 Å². The molecule has 2 aliphatic carbocycles. The molecule has 2 saturated carbocycles. The summed E-state index contributed by atoms with van der Waals surface area (Å²) in [5.41, 5.74) is 0.792. The number of aliphatic hydroxyl groups is 2. The first-order valence-electron chi connectivity index (χ1n) is 16.0. The second kappa shape index (κ2) is 16.6. The Morgan fingerprint density at radius 1 is 0.911 bits per heavy atom. The third kappa shape index (κ3) is 10.8. The van der Waals surface area contributed by atoms with E-state index in [4.69, 9.17) is 18.0 Å². The van der Waals surface area contributed by atoms with E-state index < -0.39 is 57.6 Å². The summed E-state index contributed by atoms with van der Waals surface area (Å²) < 4.78 is 26.9. The van der Waals surface area contributed by atoms with Gasteiger partial charge in [0.05, 0.1) is 28.7 Å². The molecule has 8 nitrogen and oxygen atoms in total. The lowest BCUT2D eigenvalue weighted by molar-refractivity contribution is -0.132. The Labute approximate surface area is 272 Å². The summed E-state index contributed by atoms with van der Waals surface area (Å²) in [6, 6.07) is 13.4. The maximum Gasteiger partial charge on any atom is 0.242 e. The number of amides is 2. The molecule has 244 valence electrons.